The van der Waals surface area contributed by atoms with Crippen molar-refractivity contribution in [3.8, 4) is 0 Å². The van der Waals surface area contributed by atoms with Crippen molar-refractivity contribution in [3.05, 3.63) is 11.6 Å². The molecule has 0 aromatic heterocycles. The second kappa shape index (κ2) is 6.01. The summed E-state index contributed by atoms with van der Waals surface area (Å²) in [6.07, 6.45) is 4.73. The van der Waals surface area contributed by atoms with Crippen LogP contribution in [0.25, 0.3) is 0 Å². The van der Waals surface area contributed by atoms with E-state index in [0.717, 1.165) is 19.4 Å². The molecule has 0 unspecified atom stereocenters. The number of aliphatic hydroxyl groups excluding tert-OH is 1. The summed E-state index contributed by atoms with van der Waals surface area (Å²) in [4.78, 5) is 11.2. The fourth-order valence-corrected chi connectivity index (χ4v) is 1.60. The van der Waals surface area contributed by atoms with E-state index in [4.69, 9.17) is 5.11 Å². The van der Waals surface area contributed by atoms with Crippen LogP contribution < -0.4 is 5.32 Å². The van der Waals surface area contributed by atoms with Crippen LogP contribution in [0, 0.1) is 5.41 Å². The van der Waals surface area contributed by atoms with Gasteiger partial charge in [0, 0.05) is 30.7 Å². The molecule has 1 fully saturated rings. The third kappa shape index (κ3) is 3.61. The van der Waals surface area contributed by atoms with Crippen LogP contribution in [0.2, 0.25) is 0 Å². The van der Waals surface area contributed by atoms with Gasteiger partial charge in [-0.25, -0.2) is 4.79 Å². The predicted octanol–water partition coefficient (Wildman–Crippen LogP) is 0.858. The molecule has 0 spiro atoms. The lowest BCUT2D eigenvalue weighted by Crippen LogP contribution is -2.26. The zero-order valence-electron chi connectivity index (χ0n) is 10.1. The molecule has 92 valence electrons. The SMILES string of the molecule is CCC(=CCNCC1(CO)CC1)C(=O)OC. The Morgan fingerprint density at radius 2 is 2.25 bits per heavy atom. The van der Waals surface area contributed by atoms with E-state index in [-0.39, 0.29) is 18.0 Å². The first-order chi connectivity index (χ1) is 7.67. The van der Waals surface area contributed by atoms with E-state index in [9.17, 15) is 4.79 Å². The summed E-state index contributed by atoms with van der Waals surface area (Å²) in [6, 6.07) is 0. The third-order valence-electron chi connectivity index (χ3n) is 3.11. The number of rotatable bonds is 7. The van der Waals surface area contributed by atoms with Crippen LogP contribution in [0.5, 0.6) is 0 Å². The molecule has 1 aliphatic rings. The van der Waals surface area contributed by atoms with Crippen LogP contribution >= 0.6 is 0 Å². The minimum atomic E-state index is -0.257. The molecule has 0 atom stereocenters. The lowest BCUT2D eigenvalue weighted by atomic mass is 10.1. The number of esters is 1. The summed E-state index contributed by atoms with van der Waals surface area (Å²) in [5, 5.41) is 12.3. The van der Waals surface area contributed by atoms with Crippen LogP contribution in [0.15, 0.2) is 11.6 Å². The maximum absolute atomic E-state index is 11.2. The van der Waals surface area contributed by atoms with Crippen molar-refractivity contribution in [3.63, 3.8) is 0 Å². The van der Waals surface area contributed by atoms with Gasteiger partial charge in [0.2, 0.25) is 0 Å². The average Bonchev–Trinajstić information content (AvgIpc) is 3.09. The Morgan fingerprint density at radius 1 is 1.56 bits per heavy atom. The number of hydrogen-bond acceptors (Lipinski definition) is 4. The molecular weight excluding hydrogens is 206 g/mol. The first-order valence-electron chi connectivity index (χ1n) is 5.76. The number of hydrogen-bond donors (Lipinski definition) is 2. The van der Waals surface area contributed by atoms with Gasteiger partial charge in [0.15, 0.2) is 0 Å². The van der Waals surface area contributed by atoms with Gasteiger partial charge < -0.3 is 15.2 Å². The van der Waals surface area contributed by atoms with Crippen molar-refractivity contribution in [2.24, 2.45) is 5.41 Å². The van der Waals surface area contributed by atoms with Crippen LogP contribution in [0.1, 0.15) is 26.2 Å². The van der Waals surface area contributed by atoms with Gasteiger partial charge in [0.05, 0.1) is 7.11 Å². The summed E-state index contributed by atoms with van der Waals surface area (Å²) in [5.41, 5.74) is 0.815. The monoisotopic (exact) mass is 227 g/mol. The smallest absolute Gasteiger partial charge is 0.333 e. The van der Waals surface area contributed by atoms with Gasteiger partial charge in [-0.15, -0.1) is 0 Å². The van der Waals surface area contributed by atoms with E-state index in [2.05, 4.69) is 10.1 Å². The van der Waals surface area contributed by atoms with E-state index >= 15 is 0 Å². The first-order valence-corrected chi connectivity index (χ1v) is 5.76. The van der Waals surface area contributed by atoms with E-state index in [1.54, 1.807) is 0 Å². The number of carbonyl (C=O) groups is 1. The molecule has 2 N–H and O–H groups in total. The molecule has 0 aromatic carbocycles. The molecule has 4 heteroatoms. The maximum Gasteiger partial charge on any atom is 0.333 e. The van der Waals surface area contributed by atoms with Gasteiger partial charge in [0.25, 0.3) is 0 Å². The van der Waals surface area contributed by atoms with Crippen molar-refractivity contribution in [1.82, 2.24) is 5.32 Å². The second-order valence-corrected chi connectivity index (χ2v) is 4.36. The molecule has 4 nitrogen and oxygen atoms in total. The summed E-state index contributed by atoms with van der Waals surface area (Å²) in [5.74, 6) is -0.257. The molecule has 0 bridgehead atoms. The summed E-state index contributed by atoms with van der Waals surface area (Å²) < 4.78 is 4.66. The molecule has 0 aliphatic heterocycles. The van der Waals surface area contributed by atoms with Gasteiger partial charge in [-0.3, -0.25) is 0 Å². The van der Waals surface area contributed by atoms with Crippen LogP contribution in [-0.4, -0.2) is 37.9 Å². The molecule has 0 aromatic rings. The lowest BCUT2D eigenvalue weighted by molar-refractivity contribution is -0.136. The highest BCUT2D eigenvalue weighted by Crippen LogP contribution is 2.44. The van der Waals surface area contributed by atoms with E-state index in [1.165, 1.54) is 7.11 Å². The number of methoxy groups -OCH3 is 1. The molecule has 16 heavy (non-hydrogen) atoms. The maximum atomic E-state index is 11.2. The molecule has 1 saturated carbocycles. The largest absolute Gasteiger partial charge is 0.466 e. The van der Waals surface area contributed by atoms with Crippen molar-refractivity contribution in [2.45, 2.75) is 26.2 Å². The molecule has 0 saturated heterocycles. The predicted molar refractivity (Wildman–Crippen MR) is 62.0 cm³/mol. The fraction of sp³-hybridized carbons (Fsp3) is 0.750. The Kier molecular flexibility index (Phi) is 4.96. The van der Waals surface area contributed by atoms with Crippen LogP contribution in [-0.2, 0) is 9.53 Å². The Labute approximate surface area is 96.7 Å². The minimum Gasteiger partial charge on any atom is -0.466 e. The van der Waals surface area contributed by atoms with Gasteiger partial charge in [-0.2, -0.15) is 0 Å². The Balaban J connectivity index is 2.26. The van der Waals surface area contributed by atoms with Crippen LogP contribution in [0.4, 0.5) is 0 Å². The average molecular weight is 227 g/mol. The zero-order chi connectivity index (χ0) is 12.0. The second-order valence-electron chi connectivity index (χ2n) is 4.36. The molecule has 0 amide bonds. The highest BCUT2D eigenvalue weighted by molar-refractivity contribution is 5.88. The van der Waals surface area contributed by atoms with Gasteiger partial charge in [-0.05, 0) is 19.3 Å². The number of ether oxygens (including phenoxy) is 1. The summed E-state index contributed by atoms with van der Waals surface area (Å²) in [6.45, 7) is 3.65. The lowest BCUT2D eigenvalue weighted by Gasteiger charge is -2.11. The number of nitrogens with one attached hydrogen (secondary N) is 1. The Morgan fingerprint density at radius 3 is 2.69 bits per heavy atom. The number of carbonyl (C=O) groups excluding carboxylic acids is 1. The fourth-order valence-electron chi connectivity index (χ4n) is 1.60. The molecule has 1 rings (SSSR count). The molecule has 0 radical (unpaired) electrons. The standard InChI is InChI=1S/C12H21NO3/c1-3-10(11(15)16-2)4-7-13-8-12(9-14)5-6-12/h4,13-14H,3,5-9H2,1-2H3. The molecule has 0 heterocycles. The highest BCUT2D eigenvalue weighted by atomic mass is 16.5. The normalized spacial score (nSPS) is 18.3. The van der Waals surface area contributed by atoms with E-state index in [1.807, 2.05) is 13.0 Å². The summed E-state index contributed by atoms with van der Waals surface area (Å²) in [7, 11) is 1.39. The minimum absolute atomic E-state index is 0.117. The van der Waals surface area contributed by atoms with Crippen molar-refractivity contribution in [2.75, 3.05) is 26.8 Å². The summed E-state index contributed by atoms with van der Waals surface area (Å²) >= 11 is 0. The van der Waals surface area contributed by atoms with Crippen LogP contribution in [0.3, 0.4) is 0 Å². The Hall–Kier alpha value is -0.870. The third-order valence-corrected chi connectivity index (χ3v) is 3.11. The van der Waals surface area contributed by atoms with Crippen molar-refractivity contribution < 1.29 is 14.6 Å². The van der Waals surface area contributed by atoms with Gasteiger partial charge in [0.1, 0.15) is 0 Å². The first kappa shape index (κ1) is 13.2. The topological polar surface area (TPSA) is 58.6 Å². The van der Waals surface area contributed by atoms with E-state index < -0.39 is 0 Å². The van der Waals surface area contributed by atoms with Crippen molar-refractivity contribution >= 4 is 5.97 Å². The molecular formula is C12H21NO3. The molecule has 1 aliphatic carbocycles. The highest BCUT2D eigenvalue weighted by Gasteiger charge is 2.41. The van der Waals surface area contributed by atoms with E-state index in [0.29, 0.717) is 18.5 Å². The quantitative estimate of drug-likeness (QED) is 0.385. The van der Waals surface area contributed by atoms with Gasteiger partial charge >= 0.3 is 5.97 Å². The zero-order valence-corrected chi connectivity index (χ0v) is 10.1. The van der Waals surface area contributed by atoms with Gasteiger partial charge in [-0.1, -0.05) is 13.0 Å². The van der Waals surface area contributed by atoms with Crippen molar-refractivity contribution in [1.29, 1.82) is 0 Å². The number of aliphatic hydroxyl groups is 1. The Bertz CT molecular complexity index is 269.